The van der Waals surface area contributed by atoms with Gasteiger partial charge in [0.05, 0.1) is 5.69 Å². The average molecular weight is 341 g/mol. The van der Waals surface area contributed by atoms with E-state index in [4.69, 9.17) is 0 Å². The van der Waals surface area contributed by atoms with Crippen LogP contribution in [0.2, 0.25) is 0 Å². The van der Waals surface area contributed by atoms with Gasteiger partial charge in [0.1, 0.15) is 5.82 Å². The largest absolute Gasteiger partial charge is 0.363 e. The molecule has 4 heteroatoms. The van der Waals surface area contributed by atoms with E-state index in [0.717, 1.165) is 24.3 Å². The fourth-order valence-electron chi connectivity index (χ4n) is 3.65. The van der Waals surface area contributed by atoms with Crippen LogP contribution in [-0.2, 0) is 5.33 Å². The van der Waals surface area contributed by atoms with E-state index < -0.39 is 0 Å². The SMILES string of the molecule is CC1CN2CCCCC2CN1c1c(F)cccc1CBr. The molecular weight excluding hydrogens is 319 g/mol. The lowest BCUT2D eigenvalue weighted by Gasteiger charge is -2.48. The fraction of sp³-hybridized carbons (Fsp3) is 0.625. The zero-order chi connectivity index (χ0) is 14.1. The first-order chi connectivity index (χ1) is 9.70. The van der Waals surface area contributed by atoms with Crippen molar-refractivity contribution in [3.8, 4) is 0 Å². The maximum absolute atomic E-state index is 14.3. The second-order valence-electron chi connectivity index (χ2n) is 6.03. The predicted octanol–water partition coefficient (Wildman–Crippen LogP) is 3.78. The summed E-state index contributed by atoms with van der Waals surface area (Å²) in [7, 11) is 0. The number of benzene rings is 1. The van der Waals surface area contributed by atoms with Crippen LogP contribution in [0.1, 0.15) is 31.7 Å². The number of hydrogen-bond donors (Lipinski definition) is 0. The van der Waals surface area contributed by atoms with Crippen molar-refractivity contribution in [2.75, 3.05) is 24.5 Å². The molecule has 0 aromatic heterocycles. The number of fused-ring (bicyclic) bond motifs is 1. The Balaban J connectivity index is 1.90. The van der Waals surface area contributed by atoms with Crippen LogP contribution in [0, 0.1) is 5.82 Å². The lowest BCUT2D eigenvalue weighted by Crippen LogP contribution is -2.59. The van der Waals surface area contributed by atoms with Gasteiger partial charge in [0.2, 0.25) is 0 Å². The molecule has 0 bridgehead atoms. The average Bonchev–Trinajstić information content (AvgIpc) is 2.46. The summed E-state index contributed by atoms with van der Waals surface area (Å²) in [4.78, 5) is 4.89. The summed E-state index contributed by atoms with van der Waals surface area (Å²) in [5.74, 6) is -0.0851. The molecule has 2 aliphatic rings. The van der Waals surface area contributed by atoms with Gasteiger partial charge in [-0.05, 0) is 37.9 Å². The molecule has 0 N–H and O–H groups in total. The number of anilines is 1. The number of piperidine rings is 1. The van der Waals surface area contributed by atoms with Gasteiger partial charge < -0.3 is 4.90 Å². The lowest BCUT2D eigenvalue weighted by molar-refractivity contribution is 0.115. The molecule has 2 heterocycles. The summed E-state index contributed by atoms with van der Waals surface area (Å²) in [5, 5.41) is 0.706. The highest BCUT2D eigenvalue weighted by atomic mass is 79.9. The number of rotatable bonds is 2. The molecule has 110 valence electrons. The monoisotopic (exact) mass is 340 g/mol. The molecule has 2 fully saturated rings. The van der Waals surface area contributed by atoms with Crippen LogP contribution in [0.4, 0.5) is 10.1 Å². The van der Waals surface area contributed by atoms with E-state index in [9.17, 15) is 4.39 Å². The third kappa shape index (κ3) is 2.60. The third-order valence-corrected chi connectivity index (χ3v) is 5.29. The van der Waals surface area contributed by atoms with E-state index in [1.54, 1.807) is 12.1 Å². The second kappa shape index (κ2) is 6.02. The Hall–Kier alpha value is -0.610. The van der Waals surface area contributed by atoms with Crippen LogP contribution in [0.25, 0.3) is 0 Å². The van der Waals surface area contributed by atoms with Gasteiger partial charge in [0.25, 0.3) is 0 Å². The minimum Gasteiger partial charge on any atom is -0.363 e. The molecule has 2 aliphatic heterocycles. The maximum Gasteiger partial charge on any atom is 0.146 e. The Morgan fingerprint density at radius 3 is 2.95 bits per heavy atom. The zero-order valence-electron chi connectivity index (χ0n) is 12.0. The van der Waals surface area contributed by atoms with Crippen LogP contribution in [0.3, 0.4) is 0 Å². The Bertz CT molecular complexity index is 480. The van der Waals surface area contributed by atoms with E-state index in [1.807, 2.05) is 6.07 Å². The number of nitrogens with zero attached hydrogens (tertiary/aromatic N) is 2. The summed E-state index contributed by atoms with van der Waals surface area (Å²) in [6, 6.07) is 6.38. The van der Waals surface area contributed by atoms with Gasteiger partial charge in [0.15, 0.2) is 0 Å². The van der Waals surface area contributed by atoms with E-state index in [-0.39, 0.29) is 5.82 Å². The highest BCUT2D eigenvalue weighted by Gasteiger charge is 2.34. The summed E-state index contributed by atoms with van der Waals surface area (Å²) in [5.41, 5.74) is 1.86. The van der Waals surface area contributed by atoms with E-state index in [1.165, 1.54) is 25.8 Å². The van der Waals surface area contributed by atoms with Gasteiger partial charge in [-0.25, -0.2) is 4.39 Å². The third-order valence-electron chi connectivity index (χ3n) is 4.69. The molecule has 0 saturated carbocycles. The number of piperazine rings is 1. The molecule has 2 atom stereocenters. The second-order valence-corrected chi connectivity index (χ2v) is 6.59. The zero-order valence-corrected chi connectivity index (χ0v) is 13.6. The molecule has 1 aromatic rings. The molecule has 2 unspecified atom stereocenters. The smallest absolute Gasteiger partial charge is 0.146 e. The summed E-state index contributed by atoms with van der Waals surface area (Å²) < 4.78 is 14.3. The topological polar surface area (TPSA) is 6.48 Å². The summed E-state index contributed by atoms with van der Waals surface area (Å²) in [6.07, 6.45) is 3.88. The quantitative estimate of drug-likeness (QED) is 0.756. The minimum atomic E-state index is -0.0851. The molecule has 3 rings (SSSR count). The number of para-hydroxylation sites is 1. The highest BCUT2D eigenvalue weighted by molar-refractivity contribution is 9.08. The molecule has 20 heavy (non-hydrogen) atoms. The van der Waals surface area contributed by atoms with Crippen molar-refractivity contribution in [2.45, 2.75) is 43.6 Å². The predicted molar refractivity (Wildman–Crippen MR) is 85.1 cm³/mol. The molecular formula is C16H22BrFN2. The Morgan fingerprint density at radius 1 is 1.30 bits per heavy atom. The molecule has 0 radical (unpaired) electrons. The molecule has 1 aromatic carbocycles. The van der Waals surface area contributed by atoms with E-state index in [0.29, 0.717) is 17.4 Å². The Labute approximate surface area is 129 Å². The van der Waals surface area contributed by atoms with Gasteiger partial charge in [-0.3, -0.25) is 4.90 Å². The van der Waals surface area contributed by atoms with E-state index >= 15 is 0 Å². The van der Waals surface area contributed by atoms with Crippen molar-refractivity contribution in [2.24, 2.45) is 0 Å². The summed E-state index contributed by atoms with van der Waals surface area (Å²) in [6.45, 7) is 5.45. The van der Waals surface area contributed by atoms with Crippen LogP contribution in [0.5, 0.6) is 0 Å². The number of alkyl halides is 1. The van der Waals surface area contributed by atoms with Gasteiger partial charge in [-0.15, -0.1) is 0 Å². The molecule has 2 saturated heterocycles. The lowest BCUT2D eigenvalue weighted by atomic mass is 9.96. The van der Waals surface area contributed by atoms with Crippen molar-refractivity contribution in [1.29, 1.82) is 0 Å². The summed E-state index contributed by atoms with van der Waals surface area (Å²) >= 11 is 3.49. The van der Waals surface area contributed by atoms with Crippen molar-refractivity contribution < 1.29 is 4.39 Å². The van der Waals surface area contributed by atoms with Crippen molar-refractivity contribution in [3.05, 3.63) is 29.6 Å². The van der Waals surface area contributed by atoms with Crippen molar-refractivity contribution in [3.63, 3.8) is 0 Å². The van der Waals surface area contributed by atoms with Crippen LogP contribution in [0.15, 0.2) is 18.2 Å². The molecule has 0 aliphatic carbocycles. The van der Waals surface area contributed by atoms with Gasteiger partial charge >= 0.3 is 0 Å². The maximum atomic E-state index is 14.3. The number of halogens is 2. The van der Waals surface area contributed by atoms with Crippen LogP contribution >= 0.6 is 15.9 Å². The first-order valence-corrected chi connectivity index (χ1v) is 8.67. The first kappa shape index (κ1) is 14.3. The Kier molecular flexibility index (Phi) is 4.32. The molecule has 0 amide bonds. The van der Waals surface area contributed by atoms with Crippen LogP contribution in [-0.4, -0.2) is 36.6 Å². The van der Waals surface area contributed by atoms with Gasteiger partial charge in [-0.2, -0.15) is 0 Å². The molecule has 0 spiro atoms. The highest BCUT2D eigenvalue weighted by Crippen LogP contribution is 2.33. The van der Waals surface area contributed by atoms with Gasteiger partial charge in [-0.1, -0.05) is 34.5 Å². The fourth-order valence-corrected chi connectivity index (χ4v) is 4.11. The number of hydrogen-bond acceptors (Lipinski definition) is 2. The normalized spacial score (nSPS) is 27.4. The molecule has 2 nitrogen and oxygen atoms in total. The Morgan fingerprint density at radius 2 is 2.15 bits per heavy atom. The van der Waals surface area contributed by atoms with Gasteiger partial charge in [0, 0.05) is 30.5 Å². The van der Waals surface area contributed by atoms with E-state index in [2.05, 4.69) is 32.7 Å². The minimum absolute atomic E-state index is 0.0851. The first-order valence-electron chi connectivity index (χ1n) is 7.54. The van der Waals surface area contributed by atoms with Crippen molar-refractivity contribution in [1.82, 2.24) is 4.90 Å². The van der Waals surface area contributed by atoms with Crippen LogP contribution < -0.4 is 4.90 Å². The van der Waals surface area contributed by atoms with Crippen molar-refractivity contribution >= 4 is 21.6 Å². The standard InChI is InChI=1S/C16H22BrFN2/c1-12-10-19-8-3-2-6-14(19)11-20(12)16-13(9-17)5-4-7-15(16)18/h4-5,7,12,14H,2-3,6,8-11H2,1H3.